The third kappa shape index (κ3) is 2.26. The van der Waals surface area contributed by atoms with E-state index in [2.05, 4.69) is 17.3 Å². The first-order valence-electron chi connectivity index (χ1n) is 6.32. The molecule has 2 heterocycles. The van der Waals surface area contributed by atoms with Crippen LogP contribution in [0.15, 0.2) is 28.9 Å². The molecule has 0 spiro atoms. The molecule has 1 aliphatic heterocycles. The van der Waals surface area contributed by atoms with Gasteiger partial charge in [-0.3, -0.25) is 0 Å². The van der Waals surface area contributed by atoms with Crippen LogP contribution in [0.25, 0.3) is 11.0 Å². The van der Waals surface area contributed by atoms with Crippen LogP contribution in [0.4, 0.5) is 0 Å². The van der Waals surface area contributed by atoms with Crippen molar-refractivity contribution in [2.45, 2.75) is 12.5 Å². The molecule has 1 fully saturated rings. The van der Waals surface area contributed by atoms with Crippen molar-refractivity contribution in [2.75, 3.05) is 26.7 Å². The van der Waals surface area contributed by atoms with E-state index in [1.165, 1.54) is 12.0 Å². The van der Waals surface area contributed by atoms with E-state index < -0.39 is 0 Å². The molecule has 1 aliphatic rings. The number of fused-ring (bicyclic) bond motifs is 1. The molecule has 18 heavy (non-hydrogen) atoms. The lowest BCUT2D eigenvalue weighted by atomic mass is 10.1. The van der Waals surface area contributed by atoms with Gasteiger partial charge in [0.1, 0.15) is 5.58 Å². The second-order valence-electron chi connectivity index (χ2n) is 4.95. The number of hydrogen-bond donors (Lipinski definition) is 1. The molecule has 0 saturated carbocycles. The van der Waals surface area contributed by atoms with E-state index in [1.54, 1.807) is 0 Å². The first-order valence-corrected chi connectivity index (χ1v) is 6.70. The lowest BCUT2D eigenvalue weighted by Gasteiger charge is -2.19. The molecule has 2 aromatic rings. The van der Waals surface area contributed by atoms with E-state index in [0.717, 1.165) is 30.6 Å². The number of halogens is 1. The molecule has 1 saturated heterocycles. The van der Waals surface area contributed by atoms with Gasteiger partial charge in [0.25, 0.3) is 0 Å². The van der Waals surface area contributed by atoms with Crippen LogP contribution in [0.3, 0.4) is 0 Å². The number of nitrogens with one attached hydrogen (secondary N) is 1. The van der Waals surface area contributed by atoms with Crippen LogP contribution >= 0.6 is 11.6 Å². The van der Waals surface area contributed by atoms with Gasteiger partial charge in [-0.1, -0.05) is 11.6 Å². The SMILES string of the molecule is CN1CCCNC(c2coc3cc(Cl)ccc23)C1. The Hall–Kier alpha value is -1.03. The van der Waals surface area contributed by atoms with Crippen molar-refractivity contribution in [3.8, 4) is 0 Å². The number of hydrogen-bond acceptors (Lipinski definition) is 3. The summed E-state index contributed by atoms with van der Waals surface area (Å²) in [5.41, 5.74) is 2.10. The molecule has 0 bridgehead atoms. The van der Waals surface area contributed by atoms with Gasteiger partial charge in [-0.25, -0.2) is 0 Å². The fourth-order valence-corrected chi connectivity index (χ4v) is 2.76. The highest BCUT2D eigenvalue weighted by molar-refractivity contribution is 6.31. The zero-order chi connectivity index (χ0) is 12.5. The van der Waals surface area contributed by atoms with Gasteiger partial charge in [0.05, 0.1) is 6.26 Å². The summed E-state index contributed by atoms with van der Waals surface area (Å²) in [4.78, 5) is 2.36. The van der Waals surface area contributed by atoms with Crippen molar-refractivity contribution in [3.05, 3.63) is 35.0 Å². The summed E-state index contributed by atoms with van der Waals surface area (Å²) < 4.78 is 5.62. The number of benzene rings is 1. The molecule has 3 rings (SSSR count). The van der Waals surface area contributed by atoms with Gasteiger partial charge in [-0.15, -0.1) is 0 Å². The van der Waals surface area contributed by atoms with Crippen molar-refractivity contribution in [3.63, 3.8) is 0 Å². The molecule has 3 nitrogen and oxygen atoms in total. The molecule has 96 valence electrons. The zero-order valence-electron chi connectivity index (χ0n) is 10.4. The van der Waals surface area contributed by atoms with Gasteiger partial charge in [-0.2, -0.15) is 0 Å². The normalized spacial score (nSPS) is 22.2. The second-order valence-corrected chi connectivity index (χ2v) is 5.39. The van der Waals surface area contributed by atoms with Gasteiger partial charge in [-0.05, 0) is 44.8 Å². The Bertz CT molecular complexity index is 552. The van der Waals surface area contributed by atoms with Crippen LogP contribution in [-0.4, -0.2) is 31.6 Å². The monoisotopic (exact) mass is 264 g/mol. The highest BCUT2D eigenvalue weighted by atomic mass is 35.5. The maximum Gasteiger partial charge on any atom is 0.135 e. The van der Waals surface area contributed by atoms with E-state index in [4.69, 9.17) is 16.0 Å². The average Bonchev–Trinajstić information content (AvgIpc) is 2.63. The van der Waals surface area contributed by atoms with Gasteiger partial charge in [0, 0.05) is 28.6 Å². The smallest absolute Gasteiger partial charge is 0.135 e. The number of likely N-dealkylation sites (N-methyl/N-ethyl adjacent to an activating group) is 1. The summed E-state index contributed by atoms with van der Waals surface area (Å²) in [5.74, 6) is 0. The van der Waals surface area contributed by atoms with E-state index in [9.17, 15) is 0 Å². The van der Waals surface area contributed by atoms with Crippen LogP contribution < -0.4 is 5.32 Å². The van der Waals surface area contributed by atoms with Crippen LogP contribution in [0.5, 0.6) is 0 Å². The highest BCUT2D eigenvalue weighted by Gasteiger charge is 2.20. The Balaban J connectivity index is 1.97. The van der Waals surface area contributed by atoms with Gasteiger partial charge < -0.3 is 14.6 Å². The summed E-state index contributed by atoms with van der Waals surface area (Å²) in [6.45, 7) is 3.21. The summed E-state index contributed by atoms with van der Waals surface area (Å²) in [6.07, 6.45) is 3.05. The van der Waals surface area contributed by atoms with E-state index in [1.807, 2.05) is 24.5 Å². The molecule has 1 aromatic heterocycles. The third-order valence-corrected chi connectivity index (χ3v) is 3.78. The van der Waals surface area contributed by atoms with Crippen molar-refractivity contribution in [2.24, 2.45) is 0 Å². The predicted octanol–water partition coefficient (Wildman–Crippen LogP) is 3.05. The fraction of sp³-hybridized carbons (Fsp3) is 0.429. The maximum absolute atomic E-state index is 5.98. The molecular weight excluding hydrogens is 248 g/mol. The van der Waals surface area contributed by atoms with Crippen molar-refractivity contribution in [1.29, 1.82) is 0 Å². The van der Waals surface area contributed by atoms with Crippen LogP contribution in [-0.2, 0) is 0 Å². The highest BCUT2D eigenvalue weighted by Crippen LogP contribution is 2.29. The second kappa shape index (κ2) is 4.92. The molecule has 0 aliphatic carbocycles. The van der Waals surface area contributed by atoms with Crippen LogP contribution in [0.2, 0.25) is 5.02 Å². The molecular formula is C14H17ClN2O. The molecule has 1 unspecified atom stereocenters. The predicted molar refractivity (Wildman–Crippen MR) is 74.1 cm³/mol. The Labute approximate surface area is 112 Å². The molecule has 4 heteroatoms. The minimum absolute atomic E-state index is 0.333. The quantitative estimate of drug-likeness (QED) is 0.858. The van der Waals surface area contributed by atoms with E-state index in [-0.39, 0.29) is 0 Å². The average molecular weight is 265 g/mol. The van der Waals surface area contributed by atoms with Crippen molar-refractivity contribution in [1.82, 2.24) is 10.2 Å². The van der Waals surface area contributed by atoms with Gasteiger partial charge in [0.2, 0.25) is 0 Å². The molecule has 1 N–H and O–H groups in total. The number of nitrogens with zero attached hydrogens (tertiary/aromatic N) is 1. The van der Waals surface area contributed by atoms with Gasteiger partial charge >= 0.3 is 0 Å². The molecule has 0 amide bonds. The minimum atomic E-state index is 0.333. The van der Waals surface area contributed by atoms with Crippen LogP contribution in [0.1, 0.15) is 18.0 Å². The Morgan fingerprint density at radius 2 is 2.33 bits per heavy atom. The molecule has 1 atom stereocenters. The van der Waals surface area contributed by atoms with Crippen LogP contribution in [0, 0.1) is 0 Å². The zero-order valence-corrected chi connectivity index (χ0v) is 11.2. The molecule has 1 aromatic carbocycles. The molecule has 0 radical (unpaired) electrons. The Morgan fingerprint density at radius 3 is 3.22 bits per heavy atom. The number of furan rings is 1. The summed E-state index contributed by atoms with van der Waals surface area (Å²) >= 11 is 5.98. The summed E-state index contributed by atoms with van der Waals surface area (Å²) in [7, 11) is 2.17. The van der Waals surface area contributed by atoms with Crippen molar-refractivity contribution >= 4 is 22.6 Å². The maximum atomic E-state index is 5.98. The first kappa shape index (κ1) is 12.0. The third-order valence-electron chi connectivity index (χ3n) is 3.54. The topological polar surface area (TPSA) is 28.4 Å². The lowest BCUT2D eigenvalue weighted by Crippen LogP contribution is -2.28. The van der Waals surface area contributed by atoms with E-state index >= 15 is 0 Å². The first-order chi connectivity index (χ1) is 8.74. The summed E-state index contributed by atoms with van der Waals surface area (Å²) in [5, 5.41) is 5.46. The lowest BCUT2D eigenvalue weighted by molar-refractivity contribution is 0.326. The summed E-state index contributed by atoms with van der Waals surface area (Å²) in [6, 6.07) is 6.17. The minimum Gasteiger partial charge on any atom is -0.464 e. The Morgan fingerprint density at radius 1 is 1.44 bits per heavy atom. The standard InChI is InChI=1S/C14H17ClN2O/c1-17-6-2-5-16-13(8-17)12-9-18-14-7-10(15)3-4-11(12)14/h3-4,7,9,13,16H,2,5-6,8H2,1H3. The van der Waals surface area contributed by atoms with E-state index in [0.29, 0.717) is 11.1 Å². The largest absolute Gasteiger partial charge is 0.464 e. The van der Waals surface area contributed by atoms with Crippen molar-refractivity contribution < 1.29 is 4.42 Å². The fourth-order valence-electron chi connectivity index (χ4n) is 2.59. The Kier molecular flexibility index (Phi) is 3.29. The van der Waals surface area contributed by atoms with Gasteiger partial charge in [0.15, 0.2) is 0 Å². The number of rotatable bonds is 1.